The molecule has 1 aromatic carbocycles. The minimum atomic E-state index is -0.453. The zero-order valence-electron chi connectivity index (χ0n) is 43.4. The number of allylic oxidation sites excluding steroid dienone is 12. The second-order valence-electron chi connectivity index (χ2n) is 20.6. The maximum Gasteiger partial charge on any atom is 0.246 e. The van der Waals surface area contributed by atoms with Crippen LogP contribution in [0.4, 0.5) is 5.88 Å². The van der Waals surface area contributed by atoms with Gasteiger partial charge in [-0.25, -0.2) is 0 Å². The highest BCUT2D eigenvalue weighted by Gasteiger charge is 2.49. The molecule has 0 radical (unpaired) electrons. The number of furan rings is 1. The van der Waals surface area contributed by atoms with Gasteiger partial charge in [0.05, 0.1) is 6.85 Å². The molecule has 59 heavy (non-hydrogen) atoms. The lowest BCUT2D eigenvalue weighted by Gasteiger charge is -2.52. The fraction of sp³-hybridized carbons (Fsp3) is 0.455. The smallest absolute Gasteiger partial charge is 0.246 e. The quantitative estimate of drug-likeness (QED) is 0.111. The van der Waals surface area contributed by atoms with E-state index in [0.29, 0.717) is 17.4 Å². The van der Waals surface area contributed by atoms with Crippen molar-refractivity contribution in [2.45, 2.75) is 138 Å². The number of nitrogens with one attached hydrogen (secondary N) is 1. The average Bonchev–Trinajstić information content (AvgIpc) is 3.60. The van der Waals surface area contributed by atoms with Crippen molar-refractivity contribution in [1.29, 1.82) is 0 Å². The van der Waals surface area contributed by atoms with E-state index in [-0.39, 0.29) is 52.0 Å². The van der Waals surface area contributed by atoms with Crippen LogP contribution in [0, 0.1) is 22.7 Å². The molecule has 0 saturated heterocycles. The lowest BCUT2D eigenvalue weighted by Crippen LogP contribution is -2.46. The molecule has 1 N–H and O–H groups in total. The van der Waals surface area contributed by atoms with Gasteiger partial charge in [0.2, 0.25) is 12.6 Å². The van der Waals surface area contributed by atoms with Crippen molar-refractivity contribution in [3.8, 4) is 0 Å². The Morgan fingerprint density at radius 2 is 1.66 bits per heavy atom. The van der Waals surface area contributed by atoms with Crippen molar-refractivity contribution >= 4 is 29.0 Å². The molecule has 2 aromatic rings. The molecular weight excluding hydrogens is 715 g/mol. The number of rotatable bonds is 15. The maximum absolute atomic E-state index is 8.97. The Hall–Kier alpha value is -4.44. The molecule has 314 valence electrons. The zero-order chi connectivity index (χ0) is 47.5. The molecule has 0 amide bonds. The highest BCUT2D eigenvalue weighted by Crippen LogP contribution is 2.57. The summed E-state index contributed by atoms with van der Waals surface area (Å²) in [5, 5.41) is 4.88. The second-order valence-corrected chi connectivity index (χ2v) is 20.6. The molecule has 0 spiro atoms. The second kappa shape index (κ2) is 18.0. The van der Waals surface area contributed by atoms with E-state index in [1.165, 1.54) is 24.0 Å². The normalized spacial score (nSPS) is 26.0. The van der Waals surface area contributed by atoms with Gasteiger partial charge in [0.15, 0.2) is 0 Å². The molecule has 2 bridgehead atoms. The molecule has 1 fully saturated rings. The molecule has 1 saturated carbocycles. The first-order chi connectivity index (χ1) is 29.9. The van der Waals surface area contributed by atoms with E-state index in [9.17, 15) is 0 Å². The topological polar surface area (TPSA) is 28.4 Å². The fourth-order valence-electron chi connectivity index (χ4n) is 8.76. The van der Waals surface area contributed by atoms with Crippen LogP contribution in [0.5, 0.6) is 0 Å². The third-order valence-corrected chi connectivity index (χ3v) is 12.6. The van der Waals surface area contributed by atoms with E-state index in [0.717, 1.165) is 72.1 Å². The van der Waals surface area contributed by atoms with Gasteiger partial charge in [-0.05, 0) is 137 Å². The predicted molar refractivity (Wildman–Crippen MR) is 261 cm³/mol. The monoisotopic (exact) mass is 796 g/mol. The molecule has 2 atom stereocenters. The minimum Gasteiger partial charge on any atom is -0.440 e. The Balaban J connectivity index is 1.95. The van der Waals surface area contributed by atoms with Gasteiger partial charge in [0.25, 0.3) is 0 Å². The average molecular weight is 796 g/mol. The zero-order valence-corrected chi connectivity index (χ0v) is 38.4. The molecule has 4 heteroatoms. The highest BCUT2D eigenvalue weighted by molar-refractivity contribution is 6.88. The number of hydrogen-bond donors (Lipinski definition) is 1. The van der Waals surface area contributed by atoms with E-state index in [1.807, 2.05) is 19.1 Å². The SMILES string of the molecule is [2H]C=C([2H])/C([2H])=C(/[2H])C(=C[2H])C(=C)/C=C1\C(=C\NC(C=C)C(C)/C=C/C(C)C)B(/C=C/C)c2c(oc3cc4c(cc23)C2(C)CCC4(C)CC2)N1C(/C=C\CC(C)(C)C)=C/CC(C)(C)C. The Labute approximate surface area is 367 Å². The lowest BCUT2D eigenvalue weighted by molar-refractivity contribution is 0.188. The van der Waals surface area contributed by atoms with Gasteiger partial charge < -0.3 is 9.73 Å². The number of hydrogen-bond acceptors (Lipinski definition) is 3. The first kappa shape index (κ1) is 38.7. The van der Waals surface area contributed by atoms with Crippen LogP contribution in [0.15, 0.2) is 150 Å². The summed E-state index contributed by atoms with van der Waals surface area (Å²) >= 11 is 0. The summed E-state index contributed by atoms with van der Waals surface area (Å²) < 4.78 is 49.1. The predicted octanol–water partition coefficient (Wildman–Crippen LogP) is 14.6. The summed E-state index contributed by atoms with van der Waals surface area (Å²) in [6.45, 7) is 37.1. The van der Waals surface area contributed by atoms with Gasteiger partial charge in [-0.3, -0.25) is 4.90 Å². The molecule has 3 nitrogen and oxygen atoms in total. The first-order valence-corrected chi connectivity index (χ1v) is 21.8. The summed E-state index contributed by atoms with van der Waals surface area (Å²) in [6.07, 6.45) is 25.5. The molecule has 2 heterocycles. The van der Waals surface area contributed by atoms with Gasteiger partial charge in [-0.15, -0.1) is 12.6 Å². The van der Waals surface area contributed by atoms with Gasteiger partial charge in [-0.1, -0.05) is 150 Å². The van der Waals surface area contributed by atoms with Crippen LogP contribution >= 0.6 is 0 Å². The Kier molecular flexibility index (Phi) is 11.9. The molecule has 1 aliphatic heterocycles. The van der Waals surface area contributed by atoms with Crippen LogP contribution in [0.1, 0.15) is 140 Å². The highest BCUT2D eigenvalue weighted by atomic mass is 16.4. The van der Waals surface area contributed by atoms with E-state index < -0.39 is 12.1 Å². The van der Waals surface area contributed by atoms with Crippen molar-refractivity contribution in [2.75, 3.05) is 4.90 Å². The van der Waals surface area contributed by atoms with Crippen molar-refractivity contribution in [3.63, 3.8) is 0 Å². The fourth-order valence-corrected chi connectivity index (χ4v) is 8.76. The van der Waals surface area contributed by atoms with E-state index in [4.69, 9.17) is 11.3 Å². The lowest BCUT2D eigenvalue weighted by atomic mass is 9.37. The Morgan fingerprint density at radius 1 is 1.00 bits per heavy atom. The van der Waals surface area contributed by atoms with E-state index >= 15 is 0 Å². The molecule has 4 aliphatic rings. The standard InChI is InChI=1S/C55H75BN2O/c1-17-20-22-39(6)41(8)34-48-46(37-57-47(19-3)40(7)25-24-38(4)5)56(33-18-2)50-43-35-44-45(55(16)31-29-54(44,15)30-32-55)36-49(43)59-51(50)58(48)42(26-28-53(12,13)14)23-21-27-52(9,10)11/h17-26,33-38,40,47,57H,1,3,6,8,27-32H2,2,4-5,7,9-16H3/b22-20-,23-21-,25-24+,33-18+,42-26+,46-37-,48-34+/i1D,6D,17D,20D,22D/b17-1?,22-20-,23-21-,25-24+,33-18+,39-6?,42-26+,46-37-,48-34+. The van der Waals surface area contributed by atoms with Crippen LogP contribution < -0.4 is 15.7 Å². The minimum absolute atomic E-state index is 0.0350. The summed E-state index contributed by atoms with van der Waals surface area (Å²) in [7, 11) is 0. The Morgan fingerprint density at radius 3 is 2.24 bits per heavy atom. The van der Waals surface area contributed by atoms with Gasteiger partial charge in [0, 0.05) is 28.3 Å². The number of nitrogens with zero attached hydrogens (tertiary/aromatic N) is 1. The molecular formula is C55H75BN2O. The van der Waals surface area contributed by atoms with Crippen molar-refractivity contribution in [3.05, 3.63) is 156 Å². The molecule has 3 aliphatic carbocycles. The van der Waals surface area contributed by atoms with Crippen LogP contribution in [-0.4, -0.2) is 12.8 Å². The molecule has 2 unspecified atom stereocenters. The number of anilines is 1. The van der Waals surface area contributed by atoms with Crippen LogP contribution in [0.2, 0.25) is 0 Å². The third-order valence-electron chi connectivity index (χ3n) is 12.6. The van der Waals surface area contributed by atoms with E-state index in [2.05, 4.69) is 160 Å². The number of fused-ring (bicyclic) bond motifs is 5. The first-order valence-electron chi connectivity index (χ1n) is 24.5. The largest absolute Gasteiger partial charge is 0.440 e. The molecule has 1 aromatic heterocycles. The summed E-state index contributed by atoms with van der Waals surface area (Å²) in [6, 6.07) is 3.46. The maximum atomic E-state index is 8.97. The van der Waals surface area contributed by atoms with Crippen LogP contribution in [-0.2, 0) is 10.8 Å². The summed E-state index contributed by atoms with van der Waals surface area (Å²) in [5.41, 5.74) is 7.95. The van der Waals surface area contributed by atoms with Crippen molar-refractivity contribution in [1.82, 2.24) is 5.32 Å². The van der Waals surface area contributed by atoms with Crippen LogP contribution in [0.3, 0.4) is 0 Å². The molecule has 6 rings (SSSR count). The summed E-state index contributed by atoms with van der Waals surface area (Å²) in [5.74, 6) is 3.47. The van der Waals surface area contributed by atoms with Gasteiger partial charge in [0.1, 0.15) is 5.58 Å². The van der Waals surface area contributed by atoms with Gasteiger partial charge >= 0.3 is 0 Å². The van der Waals surface area contributed by atoms with E-state index in [1.54, 1.807) is 0 Å². The van der Waals surface area contributed by atoms with Crippen molar-refractivity contribution < 1.29 is 11.3 Å². The van der Waals surface area contributed by atoms with Crippen molar-refractivity contribution in [2.24, 2.45) is 22.7 Å². The van der Waals surface area contributed by atoms with Crippen LogP contribution in [0.25, 0.3) is 11.0 Å². The summed E-state index contributed by atoms with van der Waals surface area (Å²) in [4.78, 5) is 2.21. The number of benzene rings is 1. The van der Waals surface area contributed by atoms with Gasteiger partial charge in [-0.2, -0.15) is 0 Å². The Bertz CT molecular complexity index is 2380. The third kappa shape index (κ3) is 10.3.